The lowest BCUT2D eigenvalue weighted by Crippen LogP contribution is -2.56. The summed E-state index contributed by atoms with van der Waals surface area (Å²) in [6.07, 6.45) is 4.55. The second-order valence-corrected chi connectivity index (χ2v) is 7.09. The van der Waals surface area contributed by atoms with Gasteiger partial charge in [0, 0.05) is 23.1 Å². The molecule has 4 heteroatoms. The summed E-state index contributed by atoms with van der Waals surface area (Å²) in [4.78, 5) is 0. The second-order valence-electron chi connectivity index (χ2n) is 7.09. The molecule has 130 valence electrons. The highest BCUT2D eigenvalue weighted by molar-refractivity contribution is 5.70. The van der Waals surface area contributed by atoms with Gasteiger partial charge >= 0.3 is 0 Å². The Morgan fingerprint density at radius 1 is 1.16 bits per heavy atom. The van der Waals surface area contributed by atoms with Gasteiger partial charge in [-0.05, 0) is 49.6 Å². The Morgan fingerprint density at radius 2 is 1.96 bits per heavy atom. The van der Waals surface area contributed by atoms with Crippen LogP contribution in [-0.4, -0.2) is 17.7 Å². The lowest BCUT2D eigenvalue weighted by Gasteiger charge is -2.54. The molecule has 2 nitrogen and oxygen atoms in total. The first-order chi connectivity index (χ1) is 12.0. The Hall–Kier alpha value is -2.04. The number of hydrogen-bond donors (Lipinski definition) is 0. The third-order valence-corrected chi connectivity index (χ3v) is 5.84. The Kier molecular flexibility index (Phi) is 3.78. The van der Waals surface area contributed by atoms with Gasteiger partial charge < -0.3 is 9.85 Å². The molecule has 0 radical (unpaired) electrons. The van der Waals surface area contributed by atoms with Crippen LogP contribution in [0.5, 0.6) is 0 Å². The molecule has 0 bridgehead atoms. The van der Waals surface area contributed by atoms with E-state index in [2.05, 4.69) is 6.07 Å². The molecule has 25 heavy (non-hydrogen) atoms. The number of hydrogen-bond acceptors (Lipinski definition) is 1. The summed E-state index contributed by atoms with van der Waals surface area (Å²) < 4.78 is 27.5. The summed E-state index contributed by atoms with van der Waals surface area (Å²) in [7, 11) is 0. The second kappa shape index (κ2) is 5.75. The van der Waals surface area contributed by atoms with Crippen LogP contribution in [0.1, 0.15) is 36.5 Å². The van der Waals surface area contributed by atoms with Crippen LogP contribution in [0.25, 0.3) is 5.57 Å². The molecular weight excluding hydrogens is 320 g/mol. The Balaban J connectivity index is 1.92. The summed E-state index contributed by atoms with van der Waals surface area (Å²) in [5.41, 5.74) is 2.37. The van der Waals surface area contributed by atoms with Crippen LogP contribution in [-0.2, 0) is 12.0 Å². The third kappa shape index (κ3) is 2.35. The van der Waals surface area contributed by atoms with Gasteiger partial charge in [-0.3, -0.25) is 0 Å². The summed E-state index contributed by atoms with van der Waals surface area (Å²) >= 11 is 0. The summed E-state index contributed by atoms with van der Waals surface area (Å²) in [6.45, 7) is 2.45. The number of fused-ring (bicyclic) bond motifs is 2. The van der Waals surface area contributed by atoms with Gasteiger partial charge in [-0.15, -0.1) is 0 Å². The van der Waals surface area contributed by atoms with Crippen LogP contribution in [0.3, 0.4) is 0 Å². The monoisotopic (exact) mass is 341 g/mol. The van der Waals surface area contributed by atoms with E-state index in [0.717, 1.165) is 37.0 Å². The van der Waals surface area contributed by atoms with Crippen molar-refractivity contribution < 1.29 is 13.4 Å². The van der Waals surface area contributed by atoms with Crippen molar-refractivity contribution in [3.8, 4) is 0 Å². The van der Waals surface area contributed by atoms with Crippen molar-refractivity contribution in [2.45, 2.75) is 31.7 Å². The third-order valence-electron chi connectivity index (χ3n) is 5.84. The number of nitrogens with zero attached hydrogens (tertiary/aromatic N) is 1. The molecule has 0 saturated carbocycles. The topological polar surface area (TPSA) is 23.1 Å². The zero-order valence-electron chi connectivity index (χ0n) is 14.3. The number of halogens is 2. The largest absolute Gasteiger partial charge is 0.632 e. The Bertz CT molecular complexity index is 863. The predicted octanol–water partition coefficient (Wildman–Crippen LogP) is 4.93. The molecule has 2 aliphatic rings. The molecule has 1 spiro atoms. The molecule has 1 heterocycles. The first-order valence-corrected chi connectivity index (χ1v) is 8.83. The molecule has 2 atom stereocenters. The normalized spacial score (nSPS) is 28.1. The summed E-state index contributed by atoms with van der Waals surface area (Å²) in [5, 5.41) is 13.8. The van der Waals surface area contributed by atoms with Gasteiger partial charge in [0.2, 0.25) is 0 Å². The minimum Gasteiger partial charge on any atom is -0.632 e. The summed E-state index contributed by atoms with van der Waals surface area (Å²) in [6, 6.07) is 11.5. The fourth-order valence-corrected chi connectivity index (χ4v) is 4.59. The van der Waals surface area contributed by atoms with E-state index in [1.54, 1.807) is 0 Å². The average Bonchev–Trinajstić information content (AvgIpc) is 2.91. The van der Waals surface area contributed by atoms with Crippen molar-refractivity contribution in [1.82, 2.24) is 0 Å². The number of likely N-dealkylation sites (N-methyl/N-ethyl adjacent to an activating group) is 1. The number of quaternary nitrogens is 1. The van der Waals surface area contributed by atoms with Crippen LogP contribution >= 0.6 is 0 Å². The standard InChI is InChI=1S/C21H21F2NO/c1-2-24(25)14-16(18-12-17(22)9-10-20(18)23)13-21(24)11-5-7-15-6-3-4-8-19(15)21/h3-4,6,8-10,12-13H,2,5,7,11,14H2,1H3. The molecule has 0 fully saturated rings. The average molecular weight is 341 g/mol. The SMILES string of the molecule is CC[N+]1([O-])CC(c2cc(F)ccc2F)=CC12CCCc1ccccc12. The molecule has 2 aromatic rings. The Morgan fingerprint density at radius 3 is 2.76 bits per heavy atom. The van der Waals surface area contributed by atoms with Crippen molar-refractivity contribution in [3.05, 3.63) is 82.1 Å². The van der Waals surface area contributed by atoms with Gasteiger partial charge in [-0.25, -0.2) is 8.78 Å². The highest BCUT2D eigenvalue weighted by atomic mass is 19.1. The summed E-state index contributed by atoms with van der Waals surface area (Å²) in [5.74, 6) is -0.959. The molecule has 1 aliphatic heterocycles. The number of hydroxylamine groups is 3. The first kappa shape index (κ1) is 16.4. The minimum absolute atomic E-state index is 0.172. The van der Waals surface area contributed by atoms with Crippen molar-refractivity contribution in [2.75, 3.05) is 13.1 Å². The van der Waals surface area contributed by atoms with E-state index in [1.807, 2.05) is 31.2 Å². The maximum atomic E-state index is 14.3. The van der Waals surface area contributed by atoms with Crippen LogP contribution in [0, 0.1) is 16.8 Å². The minimum atomic E-state index is -0.697. The molecule has 1 aliphatic carbocycles. The van der Waals surface area contributed by atoms with Crippen molar-refractivity contribution in [3.63, 3.8) is 0 Å². The van der Waals surface area contributed by atoms with E-state index >= 15 is 0 Å². The molecular formula is C21H21F2NO. The van der Waals surface area contributed by atoms with Crippen LogP contribution in [0.2, 0.25) is 0 Å². The lowest BCUT2D eigenvalue weighted by atomic mass is 9.75. The van der Waals surface area contributed by atoms with Crippen molar-refractivity contribution in [1.29, 1.82) is 0 Å². The lowest BCUT2D eigenvalue weighted by molar-refractivity contribution is -0.920. The molecule has 2 unspecified atom stereocenters. The number of benzene rings is 2. The Labute approximate surface area is 146 Å². The molecule has 0 saturated heterocycles. The zero-order valence-corrected chi connectivity index (χ0v) is 14.3. The fraction of sp³-hybridized carbons (Fsp3) is 0.333. The maximum absolute atomic E-state index is 14.3. The highest BCUT2D eigenvalue weighted by Crippen LogP contribution is 2.51. The molecule has 0 amide bonds. The van der Waals surface area contributed by atoms with E-state index in [1.165, 1.54) is 11.6 Å². The van der Waals surface area contributed by atoms with E-state index in [-0.39, 0.29) is 12.1 Å². The van der Waals surface area contributed by atoms with Crippen molar-refractivity contribution >= 4 is 5.57 Å². The van der Waals surface area contributed by atoms with Gasteiger partial charge in [0.05, 0.1) is 6.54 Å². The van der Waals surface area contributed by atoms with Gasteiger partial charge in [0.15, 0.2) is 0 Å². The van der Waals surface area contributed by atoms with E-state index in [4.69, 9.17) is 0 Å². The number of rotatable bonds is 2. The van der Waals surface area contributed by atoms with E-state index < -0.39 is 21.8 Å². The van der Waals surface area contributed by atoms with Crippen LogP contribution < -0.4 is 0 Å². The zero-order chi connectivity index (χ0) is 17.7. The van der Waals surface area contributed by atoms with Crippen LogP contribution in [0.15, 0.2) is 48.5 Å². The van der Waals surface area contributed by atoms with Gasteiger partial charge in [0.25, 0.3) is 0 Å². The predicted molar refractivity (Wildman–Crippen MR) is 94.4 cm³/mol. The van der Waals surface area contributed by atoms with Gasteiger partial charge in [-0.2, -0.15) is 0 Å². The first-order valence-electron chi connectivity index (χ1n) is 8.83. The van der Waals surface area contributed by atoms with Crippen molar-refractivity contribution in [2.24, 2.45) is 0 Å². The molecule has 2 aromatic carbocycles. The smallest absolute Gasteiger partial charge is 0.144 e. The number of aryl methyl sites for hydroxylation is 1. The maximum Gasteiger partial charge on any atom is 0.144 e. The fourth-order valence-electron chi connectivity index (χ4n) is 4.59. The molecule has 4 rings (SSSR count). The quantitative estimate of drug-likeness (QED) is 0.561. The van der Waals surface area contributed by atoms with Gasteiger partial charge in [-0.1, -0.05) is 24.3 Å². The van der Waals surface area contributed by atoms with E-state index in [0.29, 0.717) is 12.1 Å². The van der Waals surface area contributed by atoms with Crippen LogP contribution in [0.4, 0.5) is 8.78 Å². The highest BCUT2D eigenvalue weighted by Gasteiger charge is 2.51. The molecule has 0 N–H and O–H groups in total. The molecule has 0 aromatic heterocycles. The van der Waals surface area contributed by atoms with E-state index in [9.17, 15) is 14.0 Å². The van der Waals surface area contributed by atoms with Gasteiger partial charge in [0.1, 0.15) is 23.7 Å².